The molecule has 1 aliphatic heterocycles. The fourth-order valence-electron chi connectivity index (χ4n) is 2.79. The van der Waals surface area contributed by atoms with Crippen molar-refractivity contribution in [1.82, 2.24) is 0 Å². The van der Waals surface area contributed by atoms with Gasteiger partial charge in [-0.1, -0.05) is 23.7 Å². The summed E-state index contributed by atoms with van der Waals surface area (Å²) in [6.45, 7) is 0.832. The number of hydrogen-bond donors (Lipinski definition) is 1. The summed E-state index contributed by atoms with van der Waals surface area (Å²) in [7, 11) is 1.67. The van der Waals surface area contributed by atoms with Gasteiger partial charge in [0, 0.05) is 17.3 Å². The highest BCUT2D eigenvalue weighted by Crippen LogP contribution is 2.31. The van der Waals surface area contributed by atoms with Gasteiger partial charge in [0.1, 0.15) is 5.75 Å². The van der Waals surface area contributed by atoms with Crippen molar-refractivity contribution in [3.8, 4) is 5.75 Å². The third-order valence-corrected chi connectivity index (χ3v) is 4.23. The molecule has 1 aliphatic rings. The average molecular weight is 318 g/mol. The molecule has 0 bridgehead atoms. The first kappa shape index (κ1) is 15.2. The first-order valence-corrected chi connectivity index (χ1v) is 7.92. The van der Waals surface area contributed by atoms with E-state index in [-0.39, 0.29) is 12.1 Å². The van der Waals surface area contributed by atoms with Crippen LogP contribution >= 0.6 is 11.6 Å². The Morgan fingerprint density at radius 3 is 2.45 bits per heavy atom. The summed E-state index contributed by atoms with van der Waals surface area (Å²) in [6.07, 6.45) is 2.36. The monoisotopic (exact) mass is 317 g/mol. The SMILES string of the molecule is COc1ccc(NC(c2ccc(Cl)cc2)C2CCCO2)cc1. The second-order valence-electron chi connectivity index (χ2n) is 5.45. The maximum Gasteiger partial charge on any atom is 0.119 e. The van der Waals surface area contributed by atoms with Crippen molar-refractivity contribution in [1.29, 1.82) is 0 Å². The Morgan fingerprint density at radius 1 is 1.14 bits per heavy atom. The Kier molecular flexibility index (Phi) is 4.86. The molecule has 1 fully saturated rings. The fourth-order valence-corrected chi connectivity index (χ4v) is 2.92. The van der Waals surface area contributed by atoms with E-state index < -0.39 is 0 Å². The Hall–Kier alpha value is -1.71. The molecule has 116 valence electrons. The lowest BCUT2D eigenvalue weighted by atomic mass is 9.99. The predicted octanol–water partition coefficient (Wildman–Crippen LogP) is 4.68. The zero-order valence-corrected chi connectivity index (χ0v) is 13.3. The summed E-state index contributed by atoms with van der Waals surface area (Å²) in [5, 5.41) is 4.33. The van der Waals surface area contributed by atoms with E-state index in [2.05, 4.69) is 17.4 Å². The molecule has 0 aromatic heterocycles. The highest BCUT2D eigenvalue weighted by atomic mass is 35.5. The number of nitrogens with one attached hydrogen (secondary N) is 1. The van der Waals surface area contributed by atoms with Crippen LogP contribution in [0.2, 0.25) is 5.02 Å². The number of hydrogen-bond acceptors (Lipinski definition) is 3. The number of rotatable bonds is 5. The van der Waals surface area contributed by atoms with E-state index in [1.807, 2.05) is 36.4 Å². The van der Waals surface area contributed by atoms with Crippen LogP contribution in [-0.4, -0.2) is 19.8 Å². The quantitative estimate of drug-likeness (QED) is 0.868. The minimum absolute atomic E-state index is 0.119. The van der Waals surface area contributed by atoms with Gasteiger partial charge in [0.15, 0.2) is 0 Å². The highest BCUT2D eigenvalue weighted by molar-refractivity contribution is 6.30. The topological polar surface area (TPSA) is 30.5 Å². The number of halogens is 1. The van der Waals surface area contributed by atoms with Crippen LogP contribution in [0.25, 0.3) is 0 Å². The molecule has 3 nitrogen and oxygen atoms in total. The lowest BCUT2D eigenvalue weighted by molar-refractivity contribution is 0.0954. The van der Waals surface area contributed by atoms with Gasteiger partial charge in [0.25, 0.3) is 0 Å². The Balaban J connectivity index is 1.82. The maximum atomic E-state index is 6.00. The Morgan fingerprint density at radius 2 is 1.86 bits per heavy atom. The molecule has 4 heteroatoms. The zero-order chi connectivity index (χ0) is 15.4. The van der Waals surface area contributed by atoms with Crippen LogP contribution in [-0.2, 0) is 4.74 Å². The van der Waals surface area contributed by atoms with E-state index in [0.29, 0.717) is 0 Å². The molecular weight excluding hydrogens is 298 g/mol. The minimum atomic E-state index is 0.119. The summed E-state index contributed by atoms with van der Waals surface area (Å²) >= 11 is 6.00. The van der Waals surface area contributed by atoms with E-state index >= 15 is 0 Å². The van der Waals surface area contributed by atoms with Gasteiger partial charge in [0.2, 0.25) is 0 Å². The molecule has 1 N–H and O–H groups in total. The average Bonchev–Trinajstić information content (AvgIpc) is 3.08. The Bertz CT molecular complexity index is 591. The smallest absolute Gasteiger partial charge is 0.119 e. The van der Waals surface area contributed by atoms with Crippen LogP contribution in [0.3, 0.4) is 0 Å². The van der Waals surface area contributed by atoms with Gasteiger partial charge in [0.05, 0.1) is 19.3 Å². The molecule has 2 atom stereocenters. The first-order valence-electron chi connectivity index (χ1n) is 7.54. The summed E-state index contributed by atoms with van der Waals surface area (Å²) < 4.78 is 11.1. The van der Waals surface area contributed by atoms with Gasteiger partial charge in [-0.2, -0.15) is 0 Å². The number of methoxy groups -OCH3 is 1. The number of ether oxygens (including phenoxy) is 2. The molecule has 2 aromatic rings. The van der Waals surface area contributed by atoms with Crippen molar-refractivity contribution in [2.45, 2.75) is 25.0 Å². The molecule has 22 heavy (non-hydrogen) atoms. The summed E-state index contributed by atoms with van der Waals surface area (Å²) in [6, 6.07) is 16.0. The normalized spacial score (nSPS) is 18.9. The van der Waals surface area contributed by atoms with Crippen molar-refractivity contribution in [3.05, 3.63) is 59.1 Å². The summed E-state index contributed by atoms with van der Waals surface area (Å²) in [4.78, 5) is 0. The number of anilines is 1. The van der Waals surface area contributed by atoms with E-state index in [1.165, 1.54) is 5.56 Å². The third-order valence-electron chi connectivity index (χ3n) is 3.98. The largest absolute Gasteiger partial charge is 0.497 e. The first-order chi connectivity index (χ1) is 10.8. The van der Waals surface area contributed by atoms with Crippen molar-refractivity contribution in [2.75, 3.05) is 19.0 Å². The Labute approximate surface area is 136 Å². The lowest BCUT2D eigenvalue weighted by Gasteiger charge is -2.26. The van der Waals surface area contributed by atoms with Crippen LogP contribution in [0.15, 0.2) is 48.5 Å². The van der Waals surface area contributed by atoms with Gasteiger partial charge < -0.3 is 14.8 Å². The van der Waals surface area contributed by atoms with E-state index in [4.69, 9.17) is 21.1 Å². The second-order valence-corrected chi connectivity index (χ2v) is 5.89. The molecule has 0 saturated carbocycles. The second kappa shape index (κ2) is 7.03. The van der Waals surface area contributed by atoms with Crippen molar-refractivity contribution < 1.29 is 9.47 Å². The van der Waals surface area contributed by atoms with Crippen LogP contribution in [0.4, 0.5) is 5.69 Å². The molecule has 2 unspecified atom stereocenters. The van der Waals surface area contributed by atoms with Gasteiger partial charge in [-0.25, -0.2) is 0 Å². The third kappa shape index (κ3) is 3.54. The molecular formula is C18H20ClNO2. The van der Waals surface area contributed by atoms with Gasteiger partial charge in [-0.15, -0.1) is 0 Å². The van der Waals surface area contributed by atoms with E-state index in [1.54, 1.807) is 7.11 Å². The lowest BCUT2D eigenvalue weighted by Crippen LogP contribution is -2.25. The molecule has 3 rings (SSSR count). The van der Waals surface area contributed by atoms with Gasteiger partial charge in [-0.05, 0) is 54.8 Å². The van der Waals surface area contributed by atoms with Crippen molar-refractivity contribution >= 4 is 17.3 Å². The predicted molar refractivity (Wildman–Crippen MR) is 89.8 cm³/mol. The summed E-state index contributed by atoms with van der Waals surface area (Å²) in [5.74, 6) is 0.853. The van der Waals surface area contributed by atoms with Crippen LogP contribution in [0, 0.1) is 0 Å². The molecule has 1 saturated heterocycles. The molecule has 2 aromatic carbocycles. The maximum absolute atomic E-state index is 6.00. The zero-order valence-electron chi connectivity index (χ0n) is 12.6. The van der Waals surface area contributed by atoms with E-state index in [0.717, 1.165) is 35.9 Å². The fraction of sp³-hybridized carbons (Fsp3) is 0.333. The molecule has 0 radical (unpaired) electrons. The van der Waals surface area contributed by atoms with E-state index in [9.17, 15) is 0 Å². The van der Waals surface area contributed by atoms with Crippen molar-refractivity contribution in [2.24, 2.45) is 0 Å². The summed E-state index contributed by atoms with van der Waals surface area (Å²) in [5.41, 5.74) is 2.24. The van der Waals surface area contributed by atoms with Gasteiger partial charge in [-0.3, -0.25) is 0 Å². The van der Waals surface area contributed by atoms with Gasteiger partial charge >= 0.3 is 0 Å². The minimum Gasteiger partial charge on any atom is -0.497 e. The number of benzene rings is 2. The van der Waals surface area contributed by atoms with Crippen LogP contribution < -0.4 is 10.1 Å². The standard InChI is InChI=1S/C18H20ClNO2/c1-21-16-10-8-15(9-11-16)20-18(17-3-2-12-22-17)13-4-6-14(19)7-5-13/h4-11,17-18,20H,2-3,12H2,1H3. The molecule has 1 heterocycles. The van der Waals surface area contributed by atoms with Crippen LogP contribution in [0.1, 0.15) is 24.4 Å². The molecule has 0 spiro atoms. The van der Waals surface area contributed by atoms with Crippen molar-refractivity contribution in [3.63, 3.8) is 0 Å². The highest BCUT2D eigenvalue weighted by Gasteiger charge is 2.27. The molecule has 0 aliphatic carbocycles. The molecule has 0 amide bonds. The van der Waals surface area contributed by atoms with Crippen LogP contribution in [0.5, 0.6) is 5.75 Å².